The molecular formula is C10H21N3O2. The first-order valence-corrected chi connectivity index (χ1v) is 5.44. The molecule has 5 heteroatoms. The molecule has 0 aromatic carbocycles. The number of morpholine rings is 1. The summed E-state index contributed by atoms with van der Waals surface area (Å²) in [5, 5.41) is 11.7. The summed E-state index contributed by atoms with van der Waals surface area (Å²) in [6, 6.07) is 0.322. The molecule has 1 fully saturated rings. The van der Waals surface area contributed by atoms with Crippen LogP contribution in [-0.4, -0.2) is 47.3 Å². The lowest BCUT2D eigenvalue weighted by Crippen LogP contribution is -2.55. The standard InChI is InChI=1S/C10H21N3O2/c1-4-9-6-15-7(2)5-13(9)8(3)10(11)12-14/h7-9,14H,4-6H2,1-3H3,(H2,11,12). The summed E-state index contributed by atoms with van der Waals surface area (Å²) in [5.41, 5.74) is 5.63. The minimum absolute atomic E-state index is 0.0358. The zero-order valence-electron chi connectivity index (χ0n) is 9.68. The zero-order chi connectivity index (χ0) is 11.4. The van der Waals surface area contributed by atoms with Crippen molar-refractivity contribution in [2.75, 3.05) is 13.2 Å². The highest BCUT2D eigenvalue weighted by Gasteiger charge is 2.30. The van der Waals surface area contributed by atoms with Crippen molar-refractivity contribution in [1.29, 1.82) is 0 Å². The van der Waals surface area contributed by atoms with Gasteiger partial charge in [-0.1, -0.05) is 12.1 Å². The fraction of sp³-hybridized carbons (Fsp3) is 0.900. The monoisotopic (exact) mass is 215 g/mol. The normalized spacial score (nSPS) is 31.5. The van der Waals surface area contributed by atoms with Crippen molar-refractivity contribution in [3.63, 3.8) is 0 Å². The van der Waals surface area contributed by atoms with Crippen LogP contribution in [0.5, 0.6) is 0 Å². The summed E-state index contributed by atoms with van der Waals surface area (Å²) in [6.45, 7) is 7.67. The van der Waals surface area contributed by atoms with Crippen LogP contribution in [0.2, 0.25) is 0 Å². The number of hydrogen-bond acceptors (Lipinski definition) is 4. The van der Waals surface area contributed by atoms with E-state index in [9.17, 15) is 0 Å². The molecular weight excluding hydrogens is 194 g/mol. The van der Waals surface area contributed by atoms with Crippen molar-refractivity contribution in [3.8, 4) is 0 Å². The van der Waals surface area contributed by atoms with Crippen LogP contribution in [0.3, 0.4) is 0 Å². The van der Waals surface area contributed by atoms with Gasteiger partial charge in [0, 0.05) is 12.6 Å². The van der Waals surface area contributed by atoms with E-state index in [2.05, 4.69) is 17.0 Å². The van der Waals surface area contributed by atoms with E-state index < -0.39 is 0 Å². The van der Waals surface area contributed by atoms with Crippen molar-refractivity contribution in [1.82, 2.24) is 4.90 Å². The molecule has 0 aliphatic carbocycles. The van der Waals surface area contributed by atoms with Crippen molar-refractivity contribution in [3.05, 3.63) is 0 Å². The van der Waals surface area contributed by atoms with Gasteiger partial charge < -0.3 is 15.7 Å². The van der Waals surface area contributed by atoms with Gasteiger partial charge >= 0.3 is 0 Å². The maximum absolute atomic E-state index is 8.67. The molecule has 0 spiro atoms. The van der Waals surface area contributed by atoms with Gasteiger partial charge in [-0.25, -0.2) is 0 Å². The highest BCUT2D eigenvalue weighted by atomic mass is 16.5. The Hall–Kier alpha value is -0.810. The van der Waals surface area contributed by atoms with E-state index in [1.54, 1.807) is 0 Å². The summed E-state index contributed by atoms with van der Waals surface area (Å²) in [7, 11) is 0. The van der Waals surface area contributed by atoms with Crippen molar-refractivity contribution >= 4 is 5.84 Å². The van der Waals surface area contributed by atoms with Crippen LogP contribution in [0, 0.1) is 0 Å². The summed E-state index contributed by atoms with van der Waals surface area (Å²) in [4.78, 5) is 2.24. The SMILES string of the molecule is CCC1COC(C)CN1C(C)C(N)=NO. The second-order valence-electron chi connectivity index (χ2n) is 4.10. The minimum atomic E-state index is -0.0358. The van der Waals surface area contributed by atoms with Gasteiger partial charge in [0.1, 0.15) is 0 Å². The van der Waals surface area contributed by atoms with E-state index in [0.29, 0.717) is 6.04 Å². The minimum Gasteiger partial charge on any atom is -0.409 e. The predicted octanol–water partition coefficient (Wildman–Crippen LogP) is 0.621. The molecule has 3 unspecified atom stereocenters. The van der Waals surface area contributed by atoms with Crippen LogP contribution in [0.1, 0.15) is 27.2 Å². The molecule has 0 amide bonds. The van der Waals surface area contributed by atoms with Crippen LogP contribution in [-0.2, 0) is 4.74 Å². The molecule has 5 nitrogen and oxygen atoms in total. The Morgan fingerprint density at radius 1 is 1.73 bits per heavy atom. The van der Waals surface area contributed by atoms with Gasteiger partial charge in [0.25, 0.3) is 0 Å². The third kappa shape index (κ3) is 2.82. The topological polar surface area (TPSA) is 71.1 Å². The van der Waals surface area contributed by atoms with Gasteiger partial charge in [-0.15, -0.1) is 0 Å². The average Bonchev–Trinajstić information content (AvgIpc) is 2.27. The molecule has 0 radical (unpaired) electrons. The molecule has 0 aromatic rings. The van der Waals surface area contributed by atoms with Crippen LogP contribution in [0.15, 0.2) is 5.16 Å². The van der Waals surface area contributed by atoms with Crippen LogP contribution in [0.4, 0.5) is 0 Å². The molecule has 1 saturated heterocycles. The van der Waals surface area contributed by atoms with E-state index in [1.165, 1.54) is 0 Å². The molecule has 1 rings (SSSR count). The number of nitrogens with zero attached hydrogens (tertiary/aromatic N) is 2. The highest BCUT2D eigenvalue weighted by molar-refractivity contribution is 5.84. The first-order valence-electron chi connectivity index (χ1n) is 5.44. The Morgan fingerprint density at radius 2 is 2.40 bits per heavy atom. The second-order valence-corrected chi connectivity index (χ2v) is 4.10. The predicted molar refractivity (Wildman–Crippen MR) is 59.1 cm³/mol. The molecule has 0 bridgehead atoms. The molecule has 1 heterocycles. The van der Waals surface area contributed by atoms with Crippen molar-refractivity contribution in [2.24, 2.45) is 10.9 Å². The number of ether oxygens (including phenoxy) is 1. The van der Waals surface area contributed by atoms with Crippen LogP contribution in [0.25, 0.3) is 0 Å². The Kier molecular flexibility index (Phi) is 4.35. The Balaban J connectivity index is 2.70. The maximum atomic E-state index is 8.67. The molecule has 0 aromatic heterocycles. The smallest absolute Gasteiger partial charge is 0.156 e. The quantitative estimate of drug-likeness (QED) is 0.313. The summed E-state index contributed by atoms with van der Waals surface area (Å²) in [5.74, 6) is 0.266. The molecule has 1 aliphatic rings. The third-order valence-corrected chi connectivity index (χ3v) is 3.02. The summed E-state index contributed by atoms with van der Waals surface area (Å²) < 4.78 is 5.59. The van der Waals surface area contributed by atoms with E-state index in [1.807, 2.05) is 13.8 Å². The van der Waals surface area contributed by atoms with Gasteiger partial charge in [0.2, 0.25) is 0 Å². The summed E-state index contributed by atoms with van der Waals surface area (Å²) in [6.07, 6.45) is 1.22. The van der Waals surface area contributed by atoms with E-state index in [-0.39, 0.29) is 18.0 Å². The Morgan fingerprint density at radius 3 is 2.93 bits per heavy atom. The highest BCUT2D eigenvalue weighted by Crippen LogP contribution is 2.17. The molecule has 88 valence electrons. The second kappa shape index (κ2) is 5.32. The van der Waals surface area contributed by atoms with Gasteiger partial charge in [-0.3, -0.25) is 4.90 Å². The van der Waals surface area contributed by atoms with E-state index >= 15 is 0 Å². The molecule has 3 atom stereocenters. The Bertz CT molecular complexity index is 233. The molecule has 15 heavy (non-hydrogen) atoms. The van der Waals surface area contributed by atoms with Crippen LogP contribution < -0.4 is 5.73 Å². The van der Waals surface area contributed by atoms with Gasteiger partial charge in [-0.2, -0.15) is 0 Å². The number of rotatable bonds is 3. The van der Waals surface area contributed by atoms with E-state index in [4.69, 9.17) is 15.7 Å². The lowest BCUT2D eigenvalue weighted by Gasteiger charge is -2.41. The molecule has 1 aliphatic heterocycles. The maximum Gasteiger partial charge on any atom is 0.156 e. The first kappa shape index (κ1) is 12.3. The fourth-order valence-electron chi connectivity index (χ4n) is 1.95. The lowest BCUT2D eigenvalue weighted by molar-refractivity contribution is -0.0613. The average molecular weight is 215 g/mol. The zero-order valence-corrected chi connectivity index (χ0v) is 9.68. The number of oxime groups is 1. The lowest BCUT2D eigenvalue weighted by atomic mass is 10.1. The molecule has 0 saturated carbocycles. The number of amidine groups is 1. The Labute approximate surface area is 90.9 Å². The fourth-order valence-corrected chi connectivity index (χ4v) is 1.95. The van der Waals surface area contributed by atoms with Crippen molar-refractivity contribution in [2.45, 2.75) is 45.4 Å². The number of nitrogens with two attached hydrogens (primary N) is 1. The van der Waals surface area contributed by atoms with Gasteiger partial charge in [0.05, 0.1) is 18.8 Å². The molecule has 3 N–H and O–H groups in total. The third-order valence-electron chi connectivity index (χ3n) is 3.02. The van der Waals surface area contributed by atoms with Crippen molar-refractivity contribution < 1.29 is 9.94 Å². The van der Waals surface area contributed by atoms with Gasteiger partial charge in [-0.05, 0) is 20.3 Å². The number of hydrogen-bond donors (Lipinski definition) is 2. The van der Waals surface area contributed by atoms with E-state index in [0.717, 1.165) is 19.6 Å². The largest absolute Gasteiger partial charge is 0.409 e. The summed E-state index contributed by atoms with van der Waals surface area (Å²) >= 11 is 0. The van der Waals surface area contributed by atoms with Gasteiger partial charge in [0.15, 0.2) is 5.84 Å². The van der Waals surface area contributed by atoms with Crippen LogP contribution >= 0.6 is 0 Å². The first-order chi connectivity index (χ1) is 7.10.